The third-order valence-corrected chi connectivity index (χ3v) is 4.90. The Kier molecular flexibility index (Phi) is 5.36. The van der Waals surface area contributed by atoms with Crippen LogP contribution >= 0.6 is 11.3 Å². The second-order valence-corrected chi connectivity index (χ2v) is 6.91. The zero-order valence-electron chi connectivity index (χ0n) is 14.0. The molecule has 0 radical (unpaired) electrons. The largest absolute Gasteiger partial charge is 0.490 e. The van der Waals surface area contributed by atoms with Crippen LogP contribution in [0.15, 0.2) is 29.6 Å². The molecule has 0 aliphatic carbocycles. The average Bonchev–Trinajstić information content (AvgIpc) is 3.00. The van der Waals surface area contributed by atoms with E-state index in [-0.39, 0.29) is 17.9 Å². The molecule has 2 heterocycles. The van der Waals surface area contributed by atoms with Gasteiger partial charge < -0.3 is 9.64 Å². The fourth-order valence-electron chi connectivity index (χ4n) is 2.70. The van der Waals surface area contributed by atoms with Crippen LogP contribution in [-0.4, -0.2) is 35.1 Å². The molecule has 2 aromatic rings. The number of alkyl halides is 3. The molecule has 0 bridgehead atoms. The lowest BCUT2D eigenvalue weighted by Crippen LogP contribution is -2.43. The maximum atomic E-state index is 12.8. The number of carbonyl (C=O) groups is 1. The van der Waals surface area contributed by atoms with Crippen LogP contribution in [0.5, 0.6) is 5.75 Å². The van der Waals surface area contributed by atoms with Crippen LogP contribution in [0.25, 0.3) is 0 Å². The van der Waals surface area contributed by atoms with Crippen LogP contribution in [0.4, 0.5) is 23.1 Å². The summed E-state index contributed by atoms with van der Waals surface area (Å²) in [7, 11) is 0. The number of hydrogen-bond donors (Lipinski definition) is 1. The van der Waals surface area contributed by atoms with E-state index in [9.17, 15) is 18.0 Å². The highest BCUT2D eigenvalue weighted by Gasteiger charge is 2.31. The summed E-state index contributed by atoms with van der Waals surface area (Å²) in [6.07, 6.45) is -3.50. The van der Waals surface area contributed by atoms with E-state index in [0.717, 1.165) is 17.8 Å². The Labute approximate surface area is 152 Å². The van der Waals surface area contributed by atoms with Crippen LogP contribution in [0.1, 0.15) is 24.1 Å². The van der Waals surface area contributed by atoms with E-state index in [0.29, 0.717) is 31.1 Å². The third-order valence-electron chi connectivity index (χ3n) is 4.03. The molecule has 2 amide bonds. The second-order valence-electron chi connectivity index (χ2n) is 6.05. The van der Waals surface area contributed by atoms with Crippen molar-refractivity contribution in [2.75, 3.05) is 18.4 Å². The molecule has 0 atom stereocenters. The molecule has 1 N–H and O–H groups in total. The van der Waals surface area contributed by atoms with Crippen molar-refractivity contribution < 1.29 is 22.7 Å². The highest BCUT2D eigenvalue weighted by atomic mass is 32.1. The van der Waals surface area contributed by atoms with Crippen molar-refractivity contribution in [2.45, 2.75) is 32.0 Å². The summed E-state index contributed by atoms with van der Waals surface area (Å²) in [5.74, 6) is 0.195. The Bertz CT molecular complexity index is 771. The van der Waals surface area contributed by atoms with Gasteiger partial charge in [0.1, 0.15) is 11.9 Å². The van der Waals surface area contributed by atoms with E-state index in [2.05, 4.69) is 10.3 Å². The van der Waals surface area contributed by atoms with Crippen LogP contribution in [0, 0.1) is 6.92 Å². The summed E-state index contributed by atoms with van der Waals surface area (Å²) < 4.78 is 43.9. The maximum absolute atomic E-state index is 12.8. The first-order valence-corrected chi connectivity index (χ1v) is 9.01. The van der Waals surface area contributed by atoms with Gasteiger partial charge in [-0.2, -0.15) is 13.2 Å². The Balaban J connectivity index is 1.51. The van der Waals surface area contributed by atoms with Gasteiger partial charge in [0.05, 0.1) is 11.3 Å². The number of aryl methyl sites for hydroxylation is 1. The average molecular weight is 385 g/mol. The SMILES string of the molecule is Cc1csc(NC(=O)N2CCC(Oc3cccc(C(F)(F)F)c3)CC2)n1. The summed E-state index contributed by atoms with van der Waals surface area (Å²) in [4.78, 5) is 18.1. The molecule has 3 rings (SSSR count). The van der Waals surface area contributed by atoms with E-state index in [1.165, 1.54) is 23.5 Å². The van der Waals surface area contributed by atoms with Crippen LogP contribution in [0.2, 0.25) is 0 Å². The number of anilines is 1. The van der Waals surface area contributed by atoms with E-state index < -0.39 is 11.7 Å². The summed E-state index contributed by atoms with van der Waals surface area (Å²) >= 11 is 1.36. The number of halogens is 3. The van der Waals surface area contributed by atoms with Crippen molar-refractivity contribution in [1.82, 2.24) is 9.88 Å². The Morgan fingerprint density at radius 3 is 2.69 bits per heavy atom. The zero-order chi connectivity index (χ0) is 18.7. The molecular formula is C17H18F3N3O2S. The van der Waals surface area contributed by atoms with Gasteiger partial charge in [0.25, 0.3) is 0 Å². The predicted octanol–water partition coefficient (Wildman–Crippen LogP) is 4.55. The van der Waals surface area contributed by atoms with Gasteiger partial charge in [0, 0.05) is 31.3 Å². The van der Waals surface area contributed by atoms with Crippen molar-refractivity contribution in [3.8, 4) is 5.75 Å². The number of thiazole rings is 1. The number of hydrogen-bond acceptors (Lipinski definition) is 4. The first-order chi connectivity index (χ1) is 12.3. The number of benzene rings is 1. The lowest BCUT2D eigenvalue weighted by atomic mass is 10.1. The third kappa shape index (κ3) is 4.66. The zero-order valence-corrected chi connectivity index (χ0v) is 14.9. The molecule has 1 fully saturated rings. The molecule has 26 heavy (non-hydrogen) atoms. The number of piperidine rings is 1. The van der Waals surface area contributed by atoms with Gasteiger partial charge in [-0.3, -0.25) is 5.32 Å². The van der Waals surface area contributed by atoms with Crippen LogP contribution < -0.4 is 10.1 Å². The molecule has 1 aliphatic rings. The lowest BCUT2D eigenvalue weighted by molar-refractivity contribution is -0.137. The van der Waals surface area contributed by atoms with Gasteiger partial charge in [-0.05, 0) is 25.1 Å². The molecule has 9 heteroatoms. The number of amides is 2. The summed E-state index contributed by atoms with van der Waals surface area (Å²) in [6.45, 7) is 2.79. The molecule has 5 nitrogen and oxygen atoms in total. The number of likely N-dealkylation sites (tertiary alicyclic amines) is 1. The van der Waals surface area contributed by atoms with Gasteiger partial charge in [-0.25, -0.2) is 9.78 Å². The van der Waals surface area contributed by atoms with E-state index >= 15 is 0 Å². The molecule has 1 aromatic carbocycles. The van der Waals surface area contributed by atoms with Gasteiger partial charge in [0.2, 0.25) is 0 Å². The summed E-state index contributed by atoms with van der Waals surface area (Å²) in [5.41, 5.74) is 0.115. The number of nitrogens with zero attached hydrogens (tertiary/aromatic N) is 2. The Morgan fingerprint density at radius 1 is 1.35 bits per heavy atom. The van der Waals surface area contributed by atoms with Gasteiger partial charge in [0.15, 0.2) is 5.13 Å². The second kappa shape index (κ2) is 7.53. The summed E-state index contributed by atoms with van der Waals surface area (Å²) in [6, 6.07) is 4.64. The van der Waals surface area contributed by atoms with Crippen molar-refractivity contribution in [1.29, 1.82) is 0 Å². The molecule has 140 valence electrons. The first kappa shape index (κ1) is 18.5. The minimum Gasteiger partial charge on any atom is -0.490 e. The standard InChI is InChI=1S/C17H18F3N3O2S/c1-11-10-26-15(21-11)22-16(24)23-7-5-13(6-8-23)25-14-4-2-3-12(9-14)17(18,19)20/h2-4,9-10,13H,5-8H2,1H3,(H,21,22,24). The van der Waals surface area contributed by atoms with Crippen LogP contribution in [-0.2, 0) is 6.18 Å². The number of carbonyl (C=O) groups excluding carboxylic acids is 1. The molecule has 0 spiro atoms. The van der Waals surface area contributed by atoms with E-state index in [1.807, 2.05) is 12.3 Å². The van der Waals surface area contributed by atoms with E-state index in [4.69, 9.17) is 4.74 Å². The highest BCUT2D eigenvalue weighted by molar-refractivity contribution is 7.13. The minimum absolute atomic E-state index is 0.195. The van der Waals surface area contributed by atoms with Gasteiger partial charge in [-0.15, -0.1) is 11.3 Å². The fourth-order valence-corrected chi connectivity index (χ4v) is 3.37. The monoisotopic (exact) mass is 385 g/mol. The van der Waals surface area contributed by atoms with Crippen molar-refractivity contribution in [2.24, 2.45) is 0 Å². The van der Waals surface area contributed by atoms with Crippen molar-refractivity contribution in [3.05, 3.63) is 40.9 Å². The van der Waals surface area contributed by atoms with Gasteiger partial charge in [-0.1, -0.05) is 6.07 Å². The molecule has 0 saturated carbocycles. The number of rotatable bonds is 3. The maximum Gasteiger partial charge on any atom is 0.416 e. The molecule has 1 aliphatic heterocycles. The normalized spacial score (nSPS) is 15.8. The molecule has 1 aromatic heterocycles. The number of nitrogens with one attached hydrogen (secondary N) is 1. The first-order valence-electron chi connectivity index (χ1n) is 8.13. The number of aromatic nitrogens is 1. The molecule has 1 saturated heterocycles. The fraction of sp³-hybridized carbons (Fsp3) is 0.412. The minimum atomic E-state index is -4.39. The summed E-state index contributed by atoms with van der Waals surface area (Å²) in [5, 5.41) is 5.15. The van der Waals surface area contributed by atoms with Crippen LogP contribution in [0.3, 0.4) is 0 Å². The number of ether oxygens (including phenoxy) is 1. The van der Waals surface area contributed by atoms with Crippen molar-refractivity contribution in [3.63, 3.8) is 0 Å². The quantitative estimate of drug-likeness (QED) is 0.844. The highest BCUT2D eigenvalue weighted by Crippen LogP contribution is 2.32. The van der Waals surface area contributed by atoms with Gasteiger partial charge >= 0.3 is 12.2 Å². The molecular weight excluding hydrogens is 367 g/mol. The molecule has 0 unspecified atom stereocenters. The smallest absolute Gasteiger partial charge is 0.416 e. The Morgan fingerprint density at radius 2 is 2.08 bits per heavy atom. The van der Waals surface area contributed by atoms with Crippen molar-refractivity contribution >= 4 is 22.5 Å². The predicted molar refractivity (Wildman–Crippen MR) is 92.5 cm³/mol. The van der Waals surface area contributed by atoms with E-state index in [1.54, 1.807) is 4.90 Å². The Hall–Kier alpha value is -2.29. The topological polar surface area (TPSA) is 54.5 Å². The lowest BCUT2D eigenvalue weighted by Gasteiger charge is -2.32. The number of urea groups is 1.